The Morgan fingerprint density at radius 2 is 2.12 bits per heavy atom. The standard InChI is InChI=1S/C19H22FN3O2/c1-22-17-7-10-25-12-16(17)18(21-22)13-5-8-23(9-6-13)19(24)14-3-2-4-15(20)11-14/h2-4,11,13H,5-10,12H2,1H3. The van der Waals surface area contributed by atoms with E-state index in [1.165, 1.54) is 23.4 Å². The summed E-state index contributed by atoms with van der Waals surface area (Å²) in [6, 6.07) is 5.91. The van der Waals surface area contributed by atoms with Crippen LogP contribution >= 0.6 is 0 Å². The molecular weight excluding hydrogens is 321 g/mol. The van der Waals surface area contributed by atoms with Gasteiger partial charge in [-0.05, 0) is 31.0 Å². The summed E-state index contributed by atoms with van der Waals surface area (Å²) in [7, 11) is 2.00. The number of fused-ring (bicyclic) bond motifs is 1. The lowest BCUT2D eigenvalue weighted by Gasteiger charge is -2.32. The second-order valence-electron chi connectivity index (χ2n) is 6.81. The van der Waals surface area contributed by atoms with Crippen molar-refractivity contribution in [3.05, 3.63) is 52.6 Å². The van der Waals surface area contributed by atoms with Crippen molar-refractivity contribution in [3.63, 3.8) is 0 Å². The number of likely N-dealkylation sites (tertiary alicyclic amines) is 1. The maximum Gasteiger partial charge on any atom is 0.253 e. The fourth-order valence-corrected chi connectivity index (χ4v) is 3.93. The van der Waals surface area contributed by atoms with Crippen molar-refractivity contribution < 1.29 is 13.9 Å². The predicted octanol–water partition coefficient (Wildman–Crippen LogP) is 2.65. The summed E-state index contributed by atoms with van der Waals surface area (Å²) >= 11 is 0. The fourth-order valence-electron chi connectivity index (χ4n) is 3.93. The van der Waals surface area contributed by atoms with E-state index in [0.29, 0.717) is 31.2 Å². The molecule has 0 saturated carbocycles. The Balaban J connectivity index is 1.46. The number of carbonyl (C=O) groups excluding carboxylic acids is 1. The summed E-state index contributed by atoms with van der Waals surface area (Å²) in [5.74, 6) is -0.113. The van der Waals surface area contributed by atoms with Crippen molar-refractivity contribution in [2.45, 2.75) is 31.8 Å². The molecule has 132 valence electrons. The van der Waals surface area contributed by atoms with E-state index in [1.807, 2.05) is 16.6 Å². The van der Waals surface area contributed by atoms with E-state index in [-0.39, 0.29) is 11.7 Å². The topological polar surface area (TPSA) is 47.4 Å². The third-order valence-corrected chi connectivity index (χ3v) is 5.28. The second kappa shape index (κ2) is 6.59. The number of carbonyl (C=O) groups is 1. The SMILES string of the molecule is Cn1nc(C2CCN(C(=O)c3cccc(F)c3)CC2)c2c1CCOC2. The van der Waals surface area contributed by atoms with Crippen LogP contribution in [0.4, 0.5) is 4.39 Å². The number of hydrogen-bond acceptors (Lipinski definition) is 3. The number of aryl methyl sites for hydroxylation is 1. The zero-order valence-electron chi connectivity index (χ0n) is 14.4. The van der Waals surface area contributed by atoms with Gasteiger partial charge >= 0.3 is 0 Å². The van der Waals surface area contributed by atoms with Crippen LogP contribution in [0.1, 0.15) is 46.1 Å². The molecule has 3 heterocycles. The molecular formula is C19H22FN3O2. The summed E-state index contributed by atoms with van der Waals surface area (Å²) in [6.07, 6.45) is 2.67. The number of halogens is 1. The van der Waals surface area contributed by atoms with Crippen LogP contribution in [-0.4, -0.2) is 40.3 Å². The van der Waals surface area contributed by atoms with Gasteiger partial charge in [0.15, 0.2) is 0 Å². The van der Waals surface area contributed by atoms with Crippen molar-refractivity contribution >= 4 is 5.91 Å². The van der Waals surface area contributed by atoms with Crippen molar-refractivity contribution in [1.82, 2.24) is 14.7 Å². The molecule has 25 heavy (non-hydrogen) atoms. The molecule has 1 fully saturated rings. The van der Waals surface area contributed by atoms with Crippen molar-refractivity contribution in [2.75, 3.05) is 19.7 Å². The molecule has 2 aliphatic heterocycles. The number of rotatable bonds is 2. The Kier molecular flexibility index (Phi) is 4.29. The first kappa shape index (κ1) is 16.3. The molecule has 2 aliphatic rings. The van der Waals surface area contributed by atoms with Gasteiger partial charge in [-0.3, -0.25) is 9.48 Å². The number of aromatic nitrogens is 2. The summed E-state index contributed by atoms with van der Waals surface area (Å²) in [6.45, 7) is 2.74. The van der Waals surface area contributed by atoms with Crippen molar-refractivity contribution in [2.24, 2.45) is 7.05 Å². The zero-order chi connectivity index (χ0) is 17.4. The van der Waals surface area contributed by atoms with Gasteiger partial charge < -0.3 is 9.64 Å². The number of benzene rings is 1. The van der Waals surface area contributed by atoms with Gasteiger partial charge in [0.2, 0.25) is 0 Å². The molecule has 0 radical (unpaired) electrons. The Labute approximate surface area is 146 Å². The summed E-state index contributed by atoms with van der Waals surface area (Å²) in [5.41, 5.74) is 4.07. The molecule has 1 aromatic heterocycles. The number of amides is 1. The lowest BCUT2D eigenvalue weighted by Crippen LogP contribution is -2.38. The average Bonchev–Trinajstić information content (AvgIpc) is 2.98. The highest BCUT2D eigenvalue weighted by atomic mass is 19.1. The largest absolute Gasteiger partial charge is 0.376 e. The van der Waals surface area contributed by atoms with Gasteiger partial charge in [0.1, 0.15) is 5.82 Å². The third kappa shape index (κ3) is 3.06. The number of hydrogen-bond donors (Lipinski definition) is 0. The second-order valence-corrected chi connectivity index (χ2v) is 6.81. The first-order chi connectivity index (χ1) is 12.1. The summed E-state index contributed by atoms with van der Waals surface area (Å²) in [4.78, 5) is 14.4. The van der Waals surface area contributed by atoms with Crippen LogP contribution in [0, 0.1) is 5.82 Å². The lowest BCUT2D eigenvalue weighted by molar-refractivity contribution is 0.0709. The fraction of sp³-hybridized carbons (Fsp3) is 0.474. The van der Waals surface area contributed by atoms with Crippen molar-refractivity contribution in [3.8, 4) is 0 Å². The van der Waals surface area contributed by atoms with E-state index in [2.05, 4.69) is 0 Å². The average molecular weight is 343 g/mol. The molecule has 0 spiro atoms. The minimum Gasteiger partial charge on any atom is -0.376 e. The number of piperidine rings is 1. The zero-order valence-corrected chi connectivity index (χ0v) is 14.4. The quantitative estimate of drug-likeness (QED) is 0.842. The van der Waals surface area contributed by atoms with Crippen LogP contribution in [0.25, 0.3) is 0 Å². The van der Waals surface area contributed by atoms with E-state index in [4.69, 9.17) is 9.84 Å². The van der Waals surface area contributed by atoms with Gasteiger partial charge in [-0.25, -0.2) is 4.39 Å². The lowest BCUT2D eigenvalue weighted by atomic mass is 9.90. The number of ether oxygens (including phenoxy) is 1. The molecule has 4 rings (SSSR count). The highest BCUT2D eigenvalue weighted by molar-refractivity contribution is 5.94. The van der Waals surface area contributed by atoms with Gasteiger partial charge in [-0.1, -0.05) is 6.07 Å². The molecule has 6 heteroatoms. The first-order valence-corrected chi connectivity index (χ1v) is 8.80. The highest BCUT2D eigenvalue weighted by Crippen LogP contribution is 2.33. The molecule has 1 amide bonds. The molecule has 0 bridgehead atoms. The minimum atomic E-state index is -0.374. The van der Waals surface area contributed by atoms with Gasteiger partial charge in [-0.2, -0.15) is 5.10 Å². The molecule has 0 unspecified atom stereocenters. The predicted molar refractivity (Wildman–Crippen MR) is 90.8 cm³/mol. The van der Waals surface area contributed by atoms with E-state index < -0.39 is 0 Å². The van der Waals surface area contributed by atoms with Crippen LogP contribution in [0.5, 0.6) is 0 Å². The van der Waals surface area contributed by atoms with Gasteiger partial charge in [-0.15, -0.1) is 0 Å². The van der Waals surface area contributed by atoms with Gasteiger partial charge in [0, 0.05) is 49.3 Å². The monoisotopic (exact) mass is 343 g/mol. The third-order valence-electron chi connectivity index (χ3n) is 5.28. The van der Waals surface area contributed by atoms with E-state index in [0.717, 1.165) is 31.6 Å². The van der Waals surface area contributed by atoms with Gasteiger partial charge in [0.25, 0.3) is 5.91 Å². The normalized spacial score (nSPS) is 18.2. The Morgan fingerprint density at radius 3 is 2.88 bits per heavy atom. The maximum absolute atomic E-state index is 13.3. The molecule has 1 aromatic carbocycles. The Hall–Kier alpha value is -2.21. The Bertz CT molecular complexity index is 794. The van der Waals surface area contributed by atoms with Gasteiger partial charge in [0.05, 0.1) is 18.9 Å². The molecule has 0 N–H and O–H groups in total. The van der Waals surface area contributed by atoms with Crippen LogP contribution in [-0.2, 0) is 24.8 Å². The molecule has 5 nitrogen and oxygen atoms in total. The van der Waals surface area contributed by atoms with E-state index >= 15 is 0 Å². The molecule has 0 aliphatic carbocycles. The van der Waals surface area contributed by atoms with Crippen molar-refractivity contribution in [1.29, 1.82) is 0 Å². The van der Waals surface area contributed by atoms with Crippen LogP contribution in [0.15, 0.2) is 24.3 Å². The van der Waals surface area contributed by atoms with Crippen LogP contribution < -0.4 is 0 Å². The molecule has 0 atom stereocenters. The maximum atomic E-state index is 13.3. The first-order valence-electron chi connectivity index (χ1n) is 8.80. The molecule has 2 aromatic rings. The molecule has 1 saturated heterocycles. The Morgan fingerprint density at radius 1 is 1.32 bits per heavy atom. The summed E-state index contributed by atoms with van der Waals surface area (Å²) < 4.78 is 20.9. The minimum absolute atomic E-state index is 0.0932. The number of nitrogens with zero attached hydrogens (tertiary/aromatic N) is 3. The summed E-state index contributed by atoms with van der Waals surface area (Å²) in [5, 5.41) is 4.74. The van der Waals surface area contributed by atoms with E-state index in [1.54, 1.807) is 12.1 Å². The van der Waals surface area contributed by atoms with Crippen LogP contribution in [0.2, 0.25) is 0 Å². The highest BCUT2D eigenvalue weighted by Gasteiger charge is 2.30. The van der Waals surface area contributed by atoms with Crippen LogP contribution in [0.3, 0.4) is 0 Å². The smallest absolute Gasteiger partial charge is 0.253 e. The van der Waals surface area contributed by atoms with E-state index in [9.17, 15) is 9.18 Å².